The van der Waals surface area contributed by atoms with Crippen molar-refractivity contribution in [1.29, 1.82) is 0 Å². The van der Waals surface area contributed by atoms with Crippen molar-refractivity contribution in [3.63, 3.8) is 0 Å². The van der Waals surface area contributed by atoms with Gasteiger partial charge < -0.3 is 15.5 Å². The summed E-state index contributed by atoms with van der Waals surface area (Å²) in [5.41, 5.74) is 0.640. The second-order valence-corrected chi connectivity index (χ2v) is 7.68. The topological polar surface area (TPSA) is 91.6 Å². The third-order valence-electron chi connectivity index (χ3n) is 4.67. The summed E-state index contributed by atoms with van der Waals surface area (Å²) < 4.78 is 15.1. The molecule has 0 aliphatic carbocycles. The molecule has 0 aliphatic heterocycles. The van der Waals surface area contributed by atoms with E-state index in [1.807, 2.05) is 37.9 Å². The zero-order valence-electron chi connectivity index (χ0n) is 17.2. The summed E-state index contributed by atoms with van der Waals surface area (Å²) in [6.07, 6.45) is 6.62. The number of hydrogen-bond acceptors (Lipinski definition) is 5. The maximum Gasteiger partial charge on any atom is 0.270 e. The fourth-order valence-electron chi connectivity index (χ4n) is 3.02. The molecule has 3 aromatic rings. The van der Waals surface area contributed by atoms with E-state index in [4.69, 9.17) is 0 Å². The first-order valence-electron chi connectivity index (χ1n) is 9.59. The van der Waals surface area contributed by atoms with Crippen LogP contribution in [0.5, 0.6) is 0 Å². The summed E-state index contributed by atoms with van der Waals surface area (Å²) in [4.78, 5) is 34.8. The molecule has 0 saturated heterocycles. The average molecular weight is 412 g/mol. The third-order valence-corrected chi connectivity index (χ3v) is 4.67. The molecule has 30 heavy (non-hydrogen) atoms. The Balaban J connectivity index is 1.51. The predicted molar refractivity (Wildman–Crippen MR) is 112 cm³/mol. The minimum Gasteiger partial charge on any atom is -0.374 e. The van der Waals surface area contributed by atoms with Crippen LogP contribution in [0.15, 0.2) is 49.1 Å². The molecule has 3 heterocycles. The SMILES string of the molecule is CN(CCC(=O)NC(C)(C)CNC(=O)c1cnc2c(F)cccn12)c1ccncc1. The molecule has 0 saturated carbocycles. The molecular formula is C21H25FN6O2. The van der Waals surface area contributed by atoms with Gasteiger partial charge in [-0.1, -0.05) is 0 Å². The molecule has 0 atom stereocenters. The fourth-order valence-corrected chi connectivity index (χ4v) is 3.02. The number of carbonyl (C=O) groups is 2. The molecule has 3 aromatic heterocycles. The minimum absolute atomic E-state index is 0.0912. The van der Waals surface area contributed by atoms with Gasteiger partial charge in [-0.2, -0.15) is 0 Å². The zero-order chi connectivity index (χ0) is 21.7. The van der Waals surface area contributed by atoms with Crippen LogP contribution in [0.2, 0.25) is 0 Å². The second-order valence-electron chi connectivity index (χ2n) is 7.68. The summed E-state index contributed by atoms with van der Waals surface area (Å²) in [6, 6.07) is 6.55. The highest BCUT2D eigenvalue weighted by atomic mass is 19.1. The lowest BCUT2D eigenvalue weighted by atomic mass is 10.1. The maximum atomic E-state index is 13.8. The smallest absolute Gasteiger partial charge is 0.270 e. The molecule has 0 bridgehead atoms. The predicted octanol–water partition coefficient (Wildman–Crippen LogP) is 2.02. The number of fused-ring (bicyclic) bond motifs is 1. The molecule has 0 radical (unpaired) electrons. The summed E-state index contributed by atoms with van der Waals surface area (Å²) in [6.45, 7) is 4.41. The number of carbonyl (C=O) groups excluding carboxylic acids is 2. The molecule has 158 valence electrons. The Bertz CT molecular complexity index is 1030. The normalized spacial score (nSPS) is 11.3. The molecule has 0 fully saturated rings. The van der Waals surface area contributed by atoms with Crippen molar-refractivity contribution in [2.45, 2.75) is 25.8 Å². The van der Waals surface area contributed by atoms with E-state index in [1.54, 1.807) is 18.6 Å². The number of nitrogens with zero attached hydrogens (tertiary/aromatic N) is 4. The van der Waals surface area contributed by atoms with Crippen LogP contribution < -0.4 is 15.5 Å². The van der Waals surface area contributed by atoms with Gasteiger partial charge in [-0.05, 0) is 38.1 Å². The highest BCUT2D eigenvalue weighted by Gasteiger charge is 2.23. The number of imidazole rings is 1. The van der Waals surface area contributed by atoms with Gasteiger partial charge in [0.05, 0.1) is 11.7 Å². The van der Waals surface area contributed by atoms with Crippen molar-refractivity contribution in [2.75, 3.05) is 25.0 Å². The number of pyridine rings is 2. The van der Waals surface area contributed by atoms with Gasteiger partial charge in [0.2, 0.25) is 5.91 Å². The van der Waals surface area contributed by atoms with Crippen molar-refractivity contribution >= 4 is 23.1 Å². The highest BCUT2D eigenvalue weighted by Crippen LogP contribution is 2.12. The van der Waals surface area contributed by atoms with Crippen LogP contribution in [0.25, 0.3) is 5.65 Å². The van der Waals surface area contributed by atoms with Gasteiger partial charge >= 0.3 is 0 Å². The molecule has 8 nitrogen and oxygen atoms in total. The summed E-state index contributed by atoms with van der Waals surface area (Å²) in [7, 11) is 1.91. The van der Waals surface area contributed by atoms with Gasteiger partial charge in [0.15, 0.2) is 11.5 Å². The van der Waals surface area contributed by atoms with E-state index in [0.29, 0.717) is 13.0 Å². The number of rotatable bonds is 8. The molecule has 0 aromatic carbocycles. The number of nitrogens with one attached hydrogen (secondary N) is 2. The molecule has 0 spiro atoms. The summed E-state index contributed by atoms with van der Waals surface area (Å²) in [5, 5.41) is 5.71. The van der Waals surface area contributed by atoms with Crippen molar-refractivity contribution in [2.24, 2.45) is 0 Å². The van der Waals surface area contributed by atoms with Crippen LogP contribution in [-0.4, -0.2) is 51.9 Å². The summed E-state index contributed by atoms with van der Waals surface area (Å²) in [5.74, 6) is -1.01. The van der Waals surface area contributed by atoms with Crippen LogP contribution in [0, 0.1) is 5.82 Å². The number of anilines is 1. The number of aromatic nitrogens is 3. The monoisotopic (exact) mass is 412 g/mol. The van der Waals surface area contributed by atoms with Crippen molar-refractivity contribution in [3.8, 4) is 0 Å². The van der Waals surface area contributed by atoms with E-state index in [-0.39, 0.29) is 23.8 Å². The van der Waals surface area contributed by atoms with E-state index in [9.17, 15) is 14.0 Å². The Morgan fingerprint density at radius 3 is 2.70 bits per heavy atom. The lowest BCUT2D eigenvalue weighted by Gasteiger charge is -2.27. The molecule has 0 unspecified atom stereocenters. The molecular weight excluding hydrogens is 387 g/mol. The van der Waals surface area contributed by atoms with Crippen LogP contribution in [-0.2, 0) is 4.79 Å². The Hall–Kier alpha value is -3.49. The van der Waals surface area contributed by atoms with Gasteiger partial charge in [0.25, 0.3) is 5.91 Å². The lowest BCUT2D eigenvalue weighted by molar-refractivity contribution is -0.122. The molecule has 2 amide bonds. The second kappa shape index (κ2) is 8.89. The first-order chi connectivity index (χ1) is 14.3. The quantitative estimate of drug-likeness (QED) is 0.591. The van der Waals surface area contributed by atoms with E-state index in [0.717, 1.165) is 5.69 Å². The molecule has 0 aliphatic rings. The Kier molecular flexibility index (Phi) is 6.29. The van der Waals surface area contributed by atoms with Crippen molar-refractivity contribution in [1.82, 2.24) is 25.0 Å². The average Bonchev–Trinajstić information content (AvgIpc) is 3.16. The van der Waals surface area contributed by atoms with E-state index >= 15 is 0 Å². The van der Waals surface area contributed by atoms with Gasteiger partial charge in [0.1, 0.15) is 5.69 Å². The first-order valence-corrected chi connectivity index (χ1v) is 9.59. The lowest BCUT2D eigenvalue weighted by Crippen LogP contribution is -2.51. The Labute approximate surface area is 174 Å². The zero-order valence-corrected chi connectivity index (χ0v) is 17.2. The fraction of sp³-hybridized carbons (Fsp3) is 0.333. The maximum absolute atomic E-state index is 13.8. The van der Waals surface area contributed by atoms with E-state index in [2.05, 4.69) is 20.6 Å². The van der Waals surface area contributed by atoms with Gasteiger partial charge in [0, 0.05) is 50.8 Å². The van der Waals surface area contributed by atoms with Crippen LogP contribution in [0.3, 0.4) is 0 Å². The first kappa shape index (κ1) is 21.2. The minimum atomic E-state index is -0.659. The van der Waals surface area contributed by atoms with Crippen LogP contribution in [0.1, 0.15) is 30.8 Å². The van der Waals surface area contributed by atoms with E-state index in [1.165, 1.54) is 22.7 Å². The number of hydrogen-bond donors (Lipinski definition) is 2. The van der Waals surface area contributed by atoms with Crippen molar-refractivity contribution < 1.29 is 14.0 Å². The molecule has 2 N–H and O–H groups in total. The van der Waals surface area contributed by atoms with E-state index < -0.39 is 17.3 Å². The van der Waals surface area contributed by atoms with Crippen molar-refractivity contribution in [3.05, 3.63) is 60.6 Å². The highest BCUT2D eigenvalue weighted by molar-refractivity contribution is 5.93. The standard InChI is InChI=1S/C21H25FN6O2/c1-21(2,26-18(29)8-12-27(3)15-6-9-23-10-7-15)14-25-20(30)17-13-24-19-16(22)5-4-11-28(17)19/h4-7,9-11,13H,8,12,14H2,1-3H3,(H,25,30)(H,26,29). The van der Waals surface area contributed by atoms with Gasteiger partial charge in [-0.25, -0.2) is 9.37 Å². The largest absolute Gasteiger partial charge is 0.374 e. The number of amides is 2. The molecule has 3 rings (SSSR count). The Morgan fingerprint density at radius 2 is 1.97 bits per heavy atom. The number of halogens is 1. The van der Waals surface area contributed by atoms with Crippen LogP contribution in [0.4, 0.5) is 10.1 Å². The van der Waals surface area contributed by atoms with Gasteiger partial charge in [-0.15, -0.1) is 0 Å². The third kappa shape index (κ3) is 5.11. The molecule has 9 heteroatoms. The summed E-state index contributed by atoms with van der Waals surface area (Å²) >= 11 is 0. The Morgan fingerprint density at radius 1 is 1.23 bits per heavy atom. The van der Waals surface area contributed by atoms with Gasteiger partial charge in [-0.3, -0.25) is 19.0 Å². The van der Waals surface area contributed by atoms with Crippen LogP contribution >= 0.6 is 0 Å².